The highest BCUT2D eigenvalue weighted by atomic mass is 35.5. The number of ether oxygens (including phenoxy) is 1. The van der Waals surface area contributed by atoms with Crippen molar-refractivity contribution in [1.82, 2.24) is 4.98 Å². The molecule has 0 saturated carbocycles. The van der Waals surface area contributed by atoms with Crippen LogP contribution in [0.2, 0.25) is 10.0 Å². The zero-order valence-electron chi connectivity index (χ0n) is 12.7. The number of hydrogen-bond donors (Lipinski definition) is 1. The topological polar surface area (TPSA) is 59.2 Å². The first-order chi connectivity index (χ1) is 11.5. The third-order valence-electron chi connectivity index (χ3n) is 3.55. The van der Waals surface area contributed by atoms with Crippen LogP contribution in [0, 0.1) is 0 Å². The predicted molar refractivity (Wildman–Crippen MR) is 94.1 cm³/mol. The van der Waals surface area contributed by atoms with Crippen molar-refractivity contribution in [3.8, 4) is 0 Å². The Hall–Kier alpha value is -2.30. The van der Waals surface area contributed by atoms with Crippen molar-refractivity contribution in [3.05, 3.63) is 69.3 Å². The maximum atomic E-state index is 13.0. The summed E-state index contributed by atoms with van der Waals surface area (Å²) in [6.45, 7) is 1.91. The normalized spacial score (nSPS) is 10.8. The summed E-state index contributed by atoms with van der Waals surface area (Å²) in [5.41, 5.74) is 1.35. The lowest BCUT2D eigenvalue weighted by Crippen LogP contribution is -2.12. The number of esters is 1. The molecule has 0 aliphatic heterocycles. The Morgan fingerprint density at radius 1 is 1.08 bits per heavy atom. The summed E-state index contributed by atoms with van der Waals surface area (Å²) >= 11 is 12.0. The van der Waals surface area contributed by atoms with E-state index in [1.807, 2.05) is 0 Å². The minimum atomic E-state index is -0.588. The van der Waals surface area contributed by atoms with Crippen LogP contribution in [0.25, 0.3) is 10.9 Å². The van der Waals surface area contributed by atoms with Crippen molar-refractivity contribution < 1.29 is 14.3 Å². The Bertz CT molecular complexity index is 947. The van der Waals surface area contributed by atoms with E-state index in [1.54, 1.807) is 49.4 Å². The third-order valence-corrected chi connectivity index (χ3v) is 4.02. The van der Waals surface area contributed by atoms with E-state index < -0.39 is 5.97 Å². The van der Waals surface area contributed by atoms with E-state index in [1.165, 1.54) is 0 Å². The SMILES string of the molecule is CCOC(=O)c1[nH]c2cc(Cl)ccc2c1C(=O)c1cccc(Cl)c1. The number of carbonyl (C=O) groups is 2. The predicted octanol–water partition coefficient (Wildman–Crippen LogP) is 4.88. The zero-order chi connectivity index (χ0) is 17.3. The first-order valence-corrected chi connectivity index (χ1v) is 8.05. The largest absolute Gasteiger partial charge is 0.461 e. The van der Waals surface area contributed by atoms with Crippen LogP contribution in [-0.2, 0) is 4.74 Å². The van der Waals surface area contributed by atoms with Gasteiger partial charge in [0.2, 0.25) is 0 Å². The van der Waals surface area contributed by atoms with Crippen molar-refractivity contribution in [2.75, 3.05) is 6.61 Å². The van der Waals surface area contributed by atoms with Crippen molar-refractivity contribution >= 4 is 45.9 Å². The van der Waals surface area contributed by atoms with Crippen LogP contribution in [0.5, 0.6) is 0 Å². The average molecular weight is 362 g/mol. The second-order valence-corrected chi connectivity index (χ2v) is 6.00. The molecule has 3 rings (SSSR count). The molecule has 0 unspecified atom stereocenters. The van der Waals surface area contributed by atoms with Crippen LogP contribution in [0.15, 0.2) is 42.5 Å². The van der Waals surface area contributed by atoms with Gasteiger partial charge >= 0.3 is 5.97 Å². The summed E-state index contributed by atoms with van der Waals surface area (Å²) in [6, 6.07) is 11.6. The Kier molecular flexibility index (Phi) is 4.60. The summed E-state index contributed by atoms with van der Waals surface area (Å²) in [4.78, 5) is 28.2. The number of benzene rings is 2. The molecule has 0 aliphatic rings. The van der Waals surface area contributed by atoms with Gasteiger partial charge in [0, 0.05) is 26.5 Å². The standard InChI is InChI=1S/C18H13Cl2NO3/c1-2-24-18(23)16-15(13-7-6-12(20)9-14(13)21-16)17(22)10-4-3-5-11(19)8-10/h3-9,21H,2H2,1H3. The molecule has 24 heavy (non-hydrogen) atoms. The fourth-order valence-corrected chi connectivity index (χ4v) is 2.90. The molecule has 2 aromatic carbocycles. The second kappa shape index (κ2) is 6.67. The van der Waals surface area contributed by atoms with Gasteiger partial charge in [0.05, 0.1) is 12.2 Å². The van der Waals surface area contributed by atoms with Crippen molar-refractivity contribution in [3.63, 3.8) is 0 Å². The number of halogens is 2. The van der Waals surface area contributed by atoms with E-state index in [0.717, 1.165) is 0 Å². The number of H-pyrrole nitrogens is 1. The van der Waals surface area contributed by atoms with E-state index >= 15 is 0 Å². The molecule has 1 N–H and O–H groups in total. The number of aromatic nitrogens is 1. The van der Waals surface area contributed by atoms with Crippen LogP contribution >= 0.6 is 23.2 Å². The molecule has 4 nitrogen and oxygen atoms in total. The van der Waals surface area contributed by atoms with Gasteiger partial charge in [0.1, 0.15) is 5.69 Å². The van der Waals surface area contributed by atoms with E-state index in [9.17, 15) is 9.59 Å². The molecule has 0 aliphatic carbocycles. The highest BCUT2D eigenvalue weighted by Gasteiger charge is 2.25. The summed E-state index contributed by atoms with van der Waals surface area (Å²) in [5.74, 6) is -0.899. The average Bonchev–Trinajstić information content (AvgIpc) is 2.93. The molecule has 6 heteroatoms. The van der Waals surface area contributed by atoms with Gasteiger partial charge in [-0.3, -0.25) is 4.79 Å². The molecule has 0 saturated heterocycles. The Morgan fingerprint density at radius 3 is 2.54 bits per heavy atom. The highest BCUT2D eigenvalue weighted by Crippen LogP contribution is 2.28. The van der Waals surface area contributed by atoms with E-state index in [-0.39, 0.29) is 23.6 Å². The van der Waals surface area contributed by atoms with Crippen LogP contribution in [-0.4, -0.2) is 23.3 Å². The summed E-state index contributed by atoms with van der Waals surface area (Å²) in [5, 5.41) is 1.55. The first kappa shape index (κ1) is 16.6. The Labute approximate surface area is 148 Å². The molecule has 1 heterocycles. The van der Waals surface area contributed by atoms with Gasteiger partial charge in [0.25, 0.3) is 0 Å². The molecule has 0 radical (unpaired) electrons. The van der Waals surface area contributed by atoms with Crippen LogP contribution in [0.1, 0.15) is 33.3 Å². The number of nitrogens with one attached hydrogen (secondary N) is 1. The van der Waals surface area contributed by atoms with Gasteiger partial charge in [-0.15, -0.1) is 0 Å². The smallest absolute Gasteiger partial charge is 0.355 e. The summed E-state index contributed by atoms with van der Waals surface area (Å²) in [7, 11) is 0. The van der Waals surface area contributed by atoms with Crippen molar-refractivity contribution in [1.29, 1.82) is 0 Å². The van der Waals surface area contributed by atoms with Crippen LogP contribution < -0.4 is 0 Å². The number of hydrogen-bond acceptors (Lipinski definition) is 3. The van der Waals surface area contributed by atoms with E-state index in [0.29, 0.717) is 26.5 Å². The molecule has 1 aromatic heterocycles. The van der Waals surface area contributed by atoms with Crippen LogP contribution in [0.4, 0.5) is 0 Å². The van der Waals surface area contributed by atoms with Gasteiger partial charge in [-0.1, -0.05) is 41.4 Å². The lowest BCUT2D eigenvalue weighted by Gasteiger charge is -2.05. The first-order valence-electron chi connectivity index (χ1n) is 7.30. The van der Waals surface area contributed by atoms with Crippen molar-refractivity contribution in [2.24, 2.45) is 0 Å². The van der Waals surface area contributed by atoms with Crippen molar-refractivity contribution in [2.45, 2.75) is 6.92 Å². The Balaban J connectivity index is 2.22. The molecule has 0 spiro atoms. The number of fused-ring (bicyclic) bond motifs is 1. The van der Waals surface area contributed by atoms with E-state index in [4.69, 9.17) is 27.9 Å². The number of rotatable bonds is 4. The zero-order valence-corrected chi connectivity index (χ0v) is 14.2. The fraction of sp³-hybridized carbons (Fsp3) is 0.111. The number of aromatic amines is 1. The number of ketones is 1. The molecule has 0 amide bonds. The van der Waals surface area contributed by atoms with Gasteiger partial charge < -0.3 is 9.72 Å². The molecule has 122 valence electrons. The van der Waals surface area contributed by atoms with E-state index in [2.05, 4.69) is 4.98 Å². The minimum absolute atomic E-state index is 0.110. The third kappa shape index (κ3) is 3.03. The lowest BCUT2D eigenvalue weighted by molar-refractivity contribution is 0.0518. The monoisotopic (exact) mass is 361 g/mol. The molecule has 0 atom stereocenters. The lowest BCUT2D eigenvalue weighted by atomic mass is 10.00. The van der Waals surface area contributed by atoms with Gasteiger partial charge in [-0.25, -0.2) is 4.79 Å². The second-order valence-electron chi connectivity index (χ2n) is 5.12. The van der Waals surface area contributed by atoms with Gasteiger partial charge in [-0.2, -0.15) is 0 Å². The maximum absolute atomic E-state index is 13.0. The summed E-state index contributed by atoms with van der Waals surface area (Å²) in [6.07, 6.45) is 0. The number of carbonyl (C=O) groups excluding carboxylic acids is 2. The highest BCUT2D eigenvalue weighted by molar-refractivity contribution is 6.32. The summed E-state index contributed by atoms with van der Waals surface area (Å²) < 4.78 is 5.06. The molecular formula is C18H13Cl2NO3. The molecular weight excluding hydrogens is 349 g/mol. The molecule has 0 bridgehead atoms. The fourth-order valence-electron chi connectivity index (χ4n) is 2.54. The van der Waals surface area contributed by atoms with Crippen LogP contribution in [0.3, 0.4) is 0 Å². The van der Waals surface area contributed by atoms with Gasteiger partial charge in [0.15, 0.2) is 5.78 Å². The minimum Gasteiger partial charge on any atom is -0.461 e. The molecule has 3 aromatic rings. The quantitative estimate of drug-likeness (QED) is 0.531. The maximum Gasteiger partial charge on any atom is 0.355 e. The van der Waals surface area contributed by atoms with Gasteiger partial charge in [-0.05, 0) is 31.2 Å². The Morgan fingerprint density at radius 2 is 1.83 bits per heavy atom. The molecule has 0 fully saturated rings.